The number of nitrogens with one attached hydrogen (secondary N) is 1. The van der Waals surface area contributed by atoms with E-state index in [1.165, 1.54) is 44.7 Å². The molecule has 0 radical (unpaired) electrons. The minimum absolute atomic E-state index is 0.492. The molecule has 1 aromatic carbocycles. The van der Waals surface area contributed by atoms with Crippen LogP contribution in [0.25, 0.3) is 0 Å². The van der Waals surface area contributed by atoms with Crippen LogP contribution in [-0.4, -0.2) is 56.1 Å². The summed E-state index contributed by atoms with van der Waals surface area (Å²) >= 11 is 0. The molecule has 2 rings (SSSR count). The molecule has 3 heteroatoms. The molecule has 0 aromatic heterocycles. The lowest BCUT2D eigenvalue weighted by Crippen LogP contribution is -2.45. The van der Waals surface area contributed by atoms with E-state index in [0.29, 0.717) is 6.04 Å². The van der Waals surface area contributed by atoms with Crippen molar-refractivity contribution in [2.24, 2.45) is 0 Å². The lowest BCUT2D eigenvalue weighted by atomic mass is 10.0. The molecular formula is C16H27N3. The first-order chi connectivity index (χ1) is 9.29. The quantitative estimate of drug-likeness (QED) is 0.845. The summed E-state index contributed by atoms with van der Waals surface area (Å²) in [7, 11) is 2.21. The van der Waals surface area contributed by atoms with Gasteiger partial charge in [0.2, 0.25) is 0 Å². The molecule has 1 fully saturated rings. The van der Waals surface area contributed by atoms with Gasteiger partial charge in [-0.05, 0) is 25.6 Å². The van der Waals surface area contributed by atoms with Crippen LogP contribution in [0.5, 0.6) is 0 Å². The molecule has 0 bridgehead atoms. The van der Waals surface area contributed by atoms with Crippen LogP contribution in [0.1, 0.15) is 24.9 Å². The lowest BCUT2D eigenvalue weighted by Gasteiger charge is -2.33. The molecule has 1 N–H and O–H groups in total. The van der Waals surface area contributed by atoms with E-state index in [2.05, 4.69) is 59.4 Å². The highest BCUT2D eigenvalue weighted by Gasteiger charge is 2.16. The van der Waals surface area contributed by atoms with E-state index in [1.807, 2.05) is 0 Å². The molecule has 1 heterocycles. The molecule has 0 aliphatic carbocycles. The summed E-state index contributed by atoms with van der Waals surface area (Å²) in [5, 5.41) is 3.61. The summed E-state index contributed by atoms with van der Waals surface area (Å²) in [6.07, 6.45) is 1.20. The van der Waals surface area contributed by atoms with Crippen molar-refractivity contribution < 1.29 is 0 Å². The third-order valence-corrected chi connectivity index (χ3v) is 3.98. The maximum Gasteiger partial charge on any atom is 0.0332 e. The summed E-state index contributed by atoms with van der Waals surface area (Å²) < 4.78 is 0. The van der Waals surface area contributed by atoms with Crippen LogP contribution in [0.3, 0.4) is 0 Å². The fraction of sp³-hybridized carbons (Fsp3) is 0.625. The van der Waals surface area contributed by atoms with Crippen molar-refractivity contribution in [3.05, 3.63) is 35.9 Å². The van der Waals surface area contributed by atoms with Crippen molar-refractivity contribution in [1.82, 2.24) is 15.1 Å². The topological polar surface area (TPSA) is 18.5 Å². The maximum absolute atomic E-state index is 3.61. The number of hydrogen-bond donors (Lipinski definition) is 1. The van der Waals surface area contributed by atoms with E-state index in [1.54, 1.807) is 0 Å². The van der Waals surface area contributed by atoms with Crippen LogP contribution in [0.2, 0.25) is 0 Å². The van der Waals surface area contributed by atoms with Crippen LogP contribution < -0.4 is 5.32 Å². The summed E-state index contributed by atoms with van der Waals surface area (Å²) in [5.74, 6) is 0. The molecule has 0 amide bonds. The van der Waals surface area contributed by atoms with Crippen LogP contribution in [-0.2, 0) is 0 Å². The van der Waals surface area contributed by atoms with Crippen molar-refractivity contribution in [2.75, 3.05) is 46.3 Å². The largest absolute Gasteiger partial charge is 0.310 e. The van der Waals surface area contributed by atoms with Crippen LogP contribution >= 0.6 is 0 Å². The van der Waals surface area contributed by atoms with Gasteiger partial charge in [0.15, 0.2) is 0 Å². The van der Waals surface area contributed by atoms with E-state index < -0.39 is 0 Å². The Kier molecular flexibility index (Phi) is 5.83. The number of likely N-dealkylation sites (N-methyl/N-ethyl adjacent to an activating group) is 1. The SMILES string of the molecule is CCNC(CCN1CCN(C)CC1)c1ccccc1. The third-order valence-electron chi connectivity index (χ3n) is 3.98. The number of nitrogens with zero attached hydrogens (tertiary/aromatic N) is 2. The lowest BCUT2D eigenvalue weighted by molar-refractivity contribution is 0.149. The fourth-order valence-corrected chi connectivity index (χ4v) is 2.70. The minimum atomic E-state index is 0.492. The molecule has 1 atom stereocenters. The van der Waals surface area contributed by atoms with Gasteiger partial charge in [-0.25, -0.2) is 0 Å². The van der Waals surface area contributed by atoms with Crippen LogP contribution in [0.4, 0.5) is 0 Å². The Hall–Kier alpha value is -0.900. The standard InChI is InChI=1S/C16H27N3/c1-3-17-16(15-7-5-4-6-8-15)9-10-19-13-11-18(2)12-14-19/h4-8,16-17H,3,9-14H2,1-2H3. The summed E-state index contributed by atoms with van der Waals surface area (Å²) in [5.41, 5.74) is 1.42. The molecule has 0 spiro atoms. The van der Waals surface area contributed by atoms with Crippen LogP contribution in [0, 0.1) is 0 Å². The van der Waals surface area contributed by atoms with E-state index in [9.17, 15) is 0 Å². The minimum Gasteiger partial charge on any atom is -0.310 e. The maximum atomic E-state index is 3.61. The van der Waals surface area contributed by atoms with Gasteiger partial charge in [0.25, 0.3) is 0 Å². The van der Waals surface area contributed by atoms with Gasteiger partial charge in [-0.3, -0.25) is 0 Å². The monoisotopic (exact) mass is 261 g/mol. The molecular weight excluding hydrogens is 234 g/mol. The van der Waals surface area contributed by atoms with Gasteiger partial charge in [-0.15, -0.1) is 0 Å². The molecule has 0 saturated carbocycles. The molecule has 106 valence electrons. The third kappa shape index (κ3) is 4.60. The second-order valence-electron chi connectivity index (χ2n) is 5.45. The number of benzene rings is 1. The Morgan fingerprint density at radius 2 is 1.79 bits per heavy atom. The predicted octanol–water partition coefficient (Wildman–Crippen LogP) is 1.97. The Morgan fingerprint density at radius 1 is 1.11 bits per heavy atom. The van der Waals surface area contributed by atoms with Crippen molar-refractivity contribution in [3.8, 4) is 0 Å². The van der Waals surface area contributed by atoms with Gasteiger partial charge >= 0.3 is 0 Å². The predicted molar refractivity (Wildman–Crippen MR) is 81.4 cm³/mol. The Labute approximate surface area is 117 Å². The molecule has 1 saturated heterocycles. The van der Waals surface area contributed by atoms with E-state index >= 15 is 0 Å². The number of piperazine rings is 1. The second-order valence-corrected chi connectivity index (χ2v) is 5.45. The Bertz CT molecular complexity index is 344. The molecule has 1 aliphatic heterocycles. The van der Waals surface area contributed by atoms with E-state index in [4.69, 9.17) is 0 Å². The van der Waals surface area contributed by atoms with Gasteiger partial charge in [0.1, 0.15) is 0 Å². The number of rotatable bonds is 6. The summed E-state index contributed by atoms with van der Waals surface area (Å²) in [6, 6.07) is 11.3. The van der Waals surface area contributed by atoms with E-state index in [-0.39, 0.29) is 0 Å². The van der Waals surface area contributed by atoms with Crippen molar-refractivity contribution >= 4 is 0 Å². The molecule has 1 aliphatic rings. The van der Waals surface area contributed by atoms with Gasteiger partial charge in [-0.2, -0.15) is 0 Å². The van der Waals surface area contributed by atoms with Gasteiger partial charge in [0.05, 0.1) is 0 Å². The zero-order valence-corrected chi connectivity index (χ0v) is 12.3. The van der Waals surface area contributed by atoms with Crippen molar-refractivity contribution in [1.29, 1.82) is 0 Å². The Balaban J connectivity index is 1.84. The normalized spacial score (nSPS) is 19.5. The van der Waals surface area contributed by atoms with Crippen molar-refractivity contribution in [2.45, 2.75) is 19.4 Å². The van der Waals surface area contributed by atoms with Gasteiger partial charge < -0.3 is 15.1 Å². The highest BCUT2D eigenvalue weighted by atomic mass is 15.2. The van der Waals surface area contributed by atoms with E-state index in [0.717, 1.165) is 6.54 Å². The average molecular weight is 261 g/mol. The molecule has 1 unspecified atom stereocenters. The van der Waals surface area contributed by atoms with Crippen molar-refractivity contribution in [3.63, 3.8) is 0 Å². The van der Waals surface area contributed by atoms with Crippen LogP contribution in [0.15, 0.2) is 30.3 Å². The average Bonchev–Trinajstić information content (AvgIpc) is 2.46. The first kappa shape index (κ1) is 14.5. The molecule has 3 nitrogen and oxygen atoms in total. The highest BCUT2D eigenvalue weighted by Crippen LogP contribution is 2.17. The number of hydrogen-bond acceptors (Lipinski definition) is 3. The Morgan fingerprint density at radius 3 is 2.42 bits per heavy atom. The second kappa shape index (κ2) is 7.63. The summed E-state index contributed by atoms with van der Waals surface area (Å²) in [4.78, 5) is 5.00. The molecule has 1 aromatic rings. The zero-order valence-electron chi connectivity index (χ0n) is 12.3. The highest BCUT2D eigenvalue weighted by molar-refractivity contribution is 5.18. The smallest absolute Gasteiger partial charge is 0.0332 e. The fourth-order valence-electron chi connectivity index (χ4n) is 2.70. The first-order valence-electron chi connectivity index (χ1n) is 7.49. The first-order valence-corrected chi connectivity index (χ1v) is 7.49. The van der Waals surface area contributed by atoms with Gasteiger partial charge in [0, 0.05) is 38.8 Å². The summed E-state index contributed by atoms with van der Waals surface area (Å²) in [6.45, 7) is 9.25. The van der Waals surface area contributed by atoms with Gasteiger partial charge in [-0.1, -0.05) is 37.3 Å². The zero-order chi connectivity index (χ0) is 13.5. The molecule has 19 heavy (non-hydrogen) atoms.